The minimum absolute atomic E-state index is 0.0617. The molecule has 1 N–H and O–H groups in total. The van der Waals surface area contributed by atoms with Crippen molar-refractivity contribution >= 4 is 11.4 Å². The average molecular weight is 216 g/mol. The summed E-state index contributed by atoms with van der Waals surface area (Å²) in [5.74, 6) is 0.306. The Kier molecular flexibility index (Phi) is 2.18. The number of fused-ring (bicyclic) bond motifs is 1. The van der Waals surface area contributed by atoms with Crippen LogP contribution < -0.4 is 5.32 Å². The number of piperidine rings is 1. The molecule has 1 unspecified atom stereocenters. The van der Waals surface area contributed by atoms with Gasteiger partial charge in [-0.15, -0.1) is 0 Å². The normalized spacial score (nSPS) is 21.5. The third-order valence-electron chi connectivity index (χ3n) is 2.91. The number of nitrogens with one attached hydrogen (secondary N) is 1. The summed E-state index contributed by atoms with van der Waals surface area (Å²) in [6.07, 6.45) is 2.70. The van der Waals surface area contributed by atoms with Crippen molar-refractivity contribution in [3.05, 3.63) is 30.2 Å². The number of nitrogens with zero attached hydrogens (tertiary/aromatic N) is 3. The molecule has 1 aliphatic rings. The zero-order valence-electron chi connectivity index (χ0n) is 8.76. The van der Waals surface area contributed by atoms with Gasteiger partial charge in [-0.2, -0.15) is 5.10 Å². The van der Waals surface area contributed by atoms with Crippen LogP contribution >= 0.6 is 0 Å². The molecular weight excluding hydrogens is 204 g/mol. The Morgan fingerprint density at radius 1 is 1.44 bits per heavy atom. The number of pyridine rings is 1. The minimum atomic E-state index is 0.0617. The zero-order chi connectivity index (χ0) is 11.0. The monoisotopic (exact) mass is 216 g/mol. The largest absolute Gasteiger partial charge is 0.308 e. The molecule has 5 heteroatoms. The lowest BCUT2D eigenvalue weighted by molar-refractivity contribution is -0.120. The van der Waals surface area contributed by atoms with E-state index < -0.39 is 0 Å². The summed E-state index contributed by atoms with van der Waals surface area (Å²) >= 11 is 0. The van der Waals surface area contributed by atoms with Gasteiger partial charge in [0.1, 0.15) is 12.1 Å². The van der Waals surface area contributed by atoms with Gasteiger partial charge in [0.25, 0.3) is 0 Å². The second kappa shape index (κ2) is 3.68. The van der Waals surface area contributed by atoms with Crippen LogP contribution in [0.1, 0.15) is 24.6 Å². The van der Waals surface area contributed by atoms with Gasteiger partial charge in [-0.3, -0.25) is 4.79 Å². The van der Waals surface area contributed by atoms with Crippen molar-refractivity contribution < 1.29 is 4.79 Å². The molecule has 3 rings (SSSR count). The molecule has 0 saturated carbocycles. The lowest BCUT2D eigenvalue weighted by atomic mass is 10.0. The Morgan fingerprint density at radius 3 is 3.25 bits per heavy atom. The molecule has 16 heavy (non-hydrogen) atoms. The molecule has 0 spiro atoms. The predicted octanol–water partition coefficient (Wildman–Crippen LogP) is 0.723. The smallest absolute Gasteiger partial charge is 0.155 e. The van der Waals surface area contributed by atoms with Crippen molar-refractivity contribution in [1.29, 1.82) is 0 Å². The Balaban J connectivity index is 2.04. The topological polar surface area (TPSA) is 59.3 Å². The summed E-state index contributed by atoms with van der Waals surface area (Å²) in [4.78, 5) is 15.6. The zero-order valence-corrected chi connectivity index (χ0v) is 8.76. The van der Waals surface area contributed by atoms with E-state index in [1.54, 1.807) is 4.52 Å². The Labute approximate surface area is 92.5 Å². The molecule has 2 aromatic heterocycles. The lowest BCUT2D eigenvalue weighted by Gasteiger charge is -2.23. The number of carbonyl (C=O) groups excluding carboxylic acids is 1. The molecular formula is C11H12N4O. The highest BCUT2D eigenvalue weighted by Gasteiger charge is 2.22. The van der Waals surface area contributed by atoms with Crippen molar-refractivity contribution in [1.82, 2.24) is 19.9 Å². The Morgan fingerprint density at radius 2 is 2.38 bits per heavy atom. The number of rotatable bonds is 1. The molecule has 82 valence electrons. The first-order chi connectivity index (χ1) is 7.84. The minimum Gasteiger partial charge on any atom is -0.308 e. The number of hydrogen-bond acceptors (Lipinski definition) is 4. The van der Waals surface area contributed by atoms with E-state index in [2.05, 4.69) is 15.4 Å². The van der Waals surface area contributed by atoms with Crippen LogP contribution in [0.25, 0.3) is 5.65 Å². The fraction of sp³-hybridized carbons (Fsp3) is 0.364. The van der Waals surface area contributed by atoms with E-state index >= 15 is 0 Å². The van der Waals surface area contributed by atoms with E-state index in [0.29, 0.717) is 18.6 Å². The standard InChI is InChI=1S/C11H12N4O/c16-8-4-5-12-9(6-8)10-2-1-3-11-13-7-14-15(10)11/h1-3,7,9,12H,4-6H2. The number of Topliss-reactive ketones (excluding diaryl/α,β-unsaturated/α-hetero) is 1. The molecule has 0 aliphatic carbocycles. The third-order valence-corrected chi connectivity index (χ3v) is 2.91. The quantitative estimate of drug-likeness (QED) is 0.763. The molecule has 0 radical (unpaired) electrons. The van der Waals surface area contributed by atoms with Gasteiger partial charge in [-0.05, 0) is 12.1 Å². The lowest BCUT2D eigenvalue weighted by Crippen LogP contribution is -2.33. The molecule has 1 aliphatic heterocycles. The van der Waals surface area contributed by atoms with Gasteiger partial charge in [-0.1, -0.05) is 6.07 Å². The molecule has 1 fully saturated rings. The summed E-state index contributed by atoms with van der Waals surface area (Å²) < 4.78 is 1.79. The van der Waals surface area contributed by atoms with Crippen LogP contribution in [0.4, 0.5) is 0 Å². The van der Waals surface area contributed by atoms with Crippen LogP contribution in [-0.4, -0.2) is 26.9 Å². The molecule has 0 amide bonds. The molecule has 0 aromatic carbocycles. The van der Waals surface area contributed by atoms with Gasteiger partial charge in [0.05, 0.1) is 11.7 Å². The average Bonchev–Trinajstić information content (AvgIpc) is 2.76. The summed E-state index contributed by atoms with van der Waals surface area (Å²) in [5, 5.41) is 7.51. The highest BCUT2D eigenvalue weighted by molar-refractivity contribution is 5.80. The molecule has 0 bridgehead atoms. The van der Waals surface area contributed by atoms with Gasteiger partial charge in [0.15, 0.2) is 5.65 Å². The summed E-state index contributed by atoms with van der Waals surface area (Å²) in [6.45, 7) is 0.745. The van der Waals surface area contributed by atoms with Gasteiger partial charge < -0.3 is 5.32 Å². The summed E-state index contributed by atoms with van der Waals surface area (Å²) in [7, 11) is 0. The van der Waals surface area contributed by atoms with Gasteiger partial charge in [-0.25, -0.2) is 9.50 Å². The van der Waals surface area contributed by atoms with Crippen molar-refractivity contribution in [2.75, 3.05) is 6.54 Å². The third kappa shape index (κ3) is 1.49. The number of carbonyl (C=O) groups is 1. The fourth-order valence-corrected chi connectivity index (χ4v) is 2.13. The van der Waals surface area contributed by atoms with E-state index in [9.17, 15) is 4.79 Å². The fourth-order valence-electron chi connectivity index (χ4n) is 2.13. The molecule has 5 nitrogen and oxygen atoms in total. The van der Waals surface area contributed by atoms with E-state index in [4.69, 9.17) is 0 Å². The summed E-state index contributed by atoms with van der Waals surface area (Å²) in [5.41, 5.74) is 1.82. The van der Waals surface area contributed by atoms with Crippen LogP contribution in [0.15, 0.2) is 24.5 Å². The second-order valence-corrected chi connectivity index (χ2v) is 3.98. The van der Waals surface area contributed by atoms with Crippen LogP contribution in [0.5, 0.6) is 0 Å². The first-order valence-corrected chi connectivity index (χ1v) is 5.38. The highest BCUT2D eigenvalue weighted by atomic mass is 16.1. The maximum absolute atomic E-state index is 11.4. The number of aromatic nitrogens is 3. The van der Waals surface area contributed by atoms with Crippen molar-refractivity contribution in [3.63, 3.8) is 0 Å². The summed E-state index contributed by atoms with van der Waals surface area (Å²) in [6, 6.07) is 5.89. The molecule has 1 saturated heterocycles. The van der Waals surface area contributed by atoms with E-state index in [0.717, 1.165) is 17.9 Å². The van der Waals surface area contributed by atoms with Crippen molar-refractivity contribution in [2.24, 2.45) is 0 Å². The predicted molar refractivity (Wildman–Crippen MR) is 58.0 cm³/mol. The van der Waals surface area contributed by atoms with Crippen molar-refractivity contribution in [2.45, 2.75) is 18.9 Å². The van der Waals surface area contributed by atoms with Crippen molar-refractivity contribution in [3.8, 4) is 0 Å². The van der Waals surface area contributed by atoms with Gasteiger partial charge in [0, 0.05) is 19.4 Å². The highest BCUT2D eigenvalue weighted by Crippen LogP contribution is 2.20. The van der Waals surface area contributed by atoms with Crippen LogP contribution in [0.2, 0.25) is 0 Å². The van der Waals surface area contributed by atoms with Crippen LogP contribution in [0.3, 0.4) is 0 Å². The van der Waals surface area contributed by atoms with Crippen LogP contribution in [-0.2, 0) is 4.79 Å². The molecule has 2 aromatic rings. The maximum atomic E-state index is 11.4. The number of ketones is 1. The Hall–Kier alpha value is -1.75. The molecule has 1 atom stereocenters. The molecule has 3 heterocycles. The number of hydrogen-bond donors (Lipinski definition) is 1. The first kappa shape index (κ1) is 9.47. The van der Waals surface area contributed by atoms with Crippen LogP contribution in [0, 0.1) is 0 Å². The van der Waals surface area contributed by atoms with Gasteiger partial charge >= 0.3 is 0 Å². The maximum Gasteiger partial charge on any atom is 0.155 e. The SMILES string of the molecule is O=C1CCNC(c2cccc3ncnn23)C1. The Bertz CT molecular complexity index is 534. The van der Waals surface area contributed by atoms with E-state index in [-0.39, 0.29) is 6.04 Å². The van der Waals surface area contributed by atoms with E-state index in [1.165, 1.54) is 6.33 Å². The second-order valence-electron chi connectivity index (χ2n) is 3.98. The van der Waals surface area contributed by atoms with E-state index in [1.807, 2.05) is 18.2 Å². The first-order valence-electron chi connectivity index (χ1n) is 5.38. The van der Waals surface area contributed by atoms with Gasteiger partial charge in [0.2, 0.25) is 0 Å².